The summed E-state index contributed by atoms with van der Waals surface area (Å²) in [6.07, 6.45) is 1.70. The summed E-state index contributed by atoms with van der Waals surface area (Å²) in [5, 5.41) is 16.6. The van der Waals surface area contributed by atoms with E-state index in [1.54, 1.807) is 19.4 Å². The number of rotatable bonds is 4. The number of piperazine rings is 1. The van der Waals surface area contributed by atoms with Crippen LogP contribution in [0.5, 0.6) is 11.5 Å². The third kappa shape index (κ3) is 4.27. The zero-order chi connectivity index (χ0) is 17.8. The lowest BCUT2D eigenvalue weighted by Crippen LogP contribution is -2.44. The number of nitrogens with zero attached hydrogens (tertiary/aromatic N) is 3. The molecular weight excluding hydrogens is 450 g/mol. The molecule has 1 fully saturated rings. The minimum atomic E-state index is 0.194. The lowest BCUT2D eigenvalue weighted by molar-refractivity contribution is 0.271. The number of hydrogen-bond donors (Lipinski definition) is 1. The molecule has 1 N–H and O–H groups in total. The van der Waals surface area contributed by atoms with E-state index < -0.39 is 0 Å². The molecule has 0 radical (unpaired) electrons. The third-order valence-corrected chi connectivity index (χ3v) is 5.16. The summed E-state index contributed by atoms with van der Waals surface area (Å²) in [6, 6.07) is 11.7. The van der Waals surface area contributed by atoms with Gasteiger partial charge < -0.3 is 14.7 Å². The number of hydrazone groups is 1. The number of aromatic hydroxyl groups is 1. The van der Waals surface area contributed by atoms with Crippen LogP contribution in [0.25, 0.3) is 0 Å². The molecular formula is C18H19Br2N3O2. The normalized spacial score (nSPS) is 15.0. The van der Waals surface area contributed by atoms with E-state index >= 15 is 0 Å². The number of benzene rings is 2. The van der Waals surface area contributed by atoms with Gasteiger partial charge in [0.15, 0.2) is 0 Å². The molecule has 7 heteroatoms. The fourth-order valence-electron chi connectivity index (χ4n) is 2.77. The van der Waals surface area contributed by atoms with Crippen LogP contribution in [0.15, 0.2) is 50.4 Å². The minimum absolute atomic E-state index is 0.194. The van der Waals surface area contributed by atoms with Gasteiger partial charge in [0, 0.05) is 23.1 Å². The van der Waals surface area contributed by atoms with Crippen molar-refractivity contribution in [3.8, 4) is 11.5 Å². The second-order valence-electron chi connectivity index (χ2n) is 5.68. The minimum Gasteiger partial charge on any atom is -0.506 e. The maximum absolute atomic E-state index is 10.1. The molecule has 0 aliphatic carbocycles. The number of para-hydroxylation sites is 2. The molecule has 1 heterocycles. The van der Waals surface area contributed by atoms with Crippen LogP contribution in [0.2, 0.25) is 0 Å². The van der Waals surface area contributed by atoms with Crippen molar-refractivity contribution in [3.05, 3.63) is 50.9 Å². The van der Waals surface area contributed by atoms with Gasteiger partial charge >= 0.3 is 0 Å². The molecule has 0 aromatic heterocycles. The van der Waals surface area contributed by atoms with Gasteiger partial charge in [0.25, 0.3) is 0 Å². The van der Waals surface area contributed by atoms with Gasteiger partial charge in [0.05, 0.1) is 36.6 Å². The summed E-state index contributed by atoms with van der Waals surface area (Å²) in [5.41, 5.74) is 1.79. The predicted molar refractivity (Wildman–Crippen MR) is 108 cm³/mol. The van der Waals surface area contributed by atoms with E-state index in [-0.39, 0.29) is 5.75 Å². The van der Waals surface area contributed by atoms with Gasteiger partial charge in [-0.25, -0.2) is 0 Å². The van der Waals surface area contributed by atoms with Crippen LogP contribution in [0.4, 0.5) is 5.69 Å². The monoisotopic (exact) mass is 467 g/mol. The molecule has 1 saturated heterocycles. The fourth-order valence-corrected chi connectivity index (χ4v) is 4.03. The fraction of sp³-hybridized carbons (Fsp3) is 0.278. The van der Waals surface area contributed by atoms with E-state index in [9.17, 15) is 5.11 Å². The first-order chi connectivity index (χ1) is 12.1. The zero-order valence-electron chi connectivity index (χ0n) is 13.8. The van der Waals surface area contributed by atoms with Gasteiger partial charge in [-0.2, -0.15) is 5.10 Å². The molecule has 2 aromatic carbocycles. The Hall–Kier alpha value is -1.73. The van der Waals surface area contributed by atoms with Crippen molar-refractivity contribution in [2.45, 2.75) is 0 Å². The van der Waals surface area contributed by atoms with Crippen LogP contribution in [-0.4, -0.2) is 49.6 Å². The van der Waals surface area contributed by atoms with E-state index in [1.807, 2.05) is 29.3 Å². The summed E-state index contributed by atoms with van der Waals surface area (Å²) in [5.74, 6) is 1.09. The van der Waals surface area contributed by atoms with Gasteiger partial charge in [0.2, 0.25) is 0 Å². The molecule has 0 amide bonds. The molecule has 1 aliphatic rings. The molecule has 2 aromatic rings. The molecule has 0 bridgehead atoms. The Morgan fingerprint density at radius 2 is 1.84 bits per heavy atom. The molecule has 0 spiro atoms. The summed E-state index contributed by atoms with van der Waals surface area (Å²) >= 11 is 6.76. The molecule has 5 nitrogen and oxygen atoms in total. The highest BCUT2D eigenvalue weighted by Gasteiger charge is 2.18. The highest BCUT2D eigenvalue weighted by molar-refractivity contribution is 9.11. The van der Waals surface area contributed by atoms with Crippen LogP contribution in [0.1, 0.15) is 5.56 Å². The average molecular weight is 469 g/mol. The standard InChI is InChI=1S/C18H19Br2N3O2/c1-25-17-5-3-2-4-16(17)22-6-8-23(9-7-22)21-12-13-10-14(19)11-15(20)18(13)24/h2-5,10-12,24H,6-9H2,1H3/b21-12-. The van der Waals surface area contributed by atoms with E-state index in [2.05, 4.69) is 47.9 Å². The highest BCUT2D eigenvalue weighted by atomic mass is 79.9. The van der Waals surface area contributed by atoms with E-state index in [4.69, 9.17) is 4.74 Å². The largest absolute Gasteiger partial charge is 0.506 e. The van der Waals surface area contributed by atoms with Crippen molar-refractivity contribution in [1.29, 1.82) is 0 Å². The average Bonchev–Trinajstić information content (AvgIpc) is 2.64. The van der Waals surface area contributed by atoms with Crippen LogP contribution < -0.4 is 9.64 Å². The lowest BCUT2D eigenvalue weighted by atomic mass is 10.2. The Morgan fingerprint density at radius 3 is 2.56 bits per heavy atom. The number of anilines is 1. The Kier molecular flexibility index (Phi) is 5.86. The van der Waals surface area contributed by atoms with Gasteiger partial charge in [-0.15, -0.1) is 0 Å². The molecule has 3 rings (SSSR count). The van der Waals surface area contributed by atoms with Gasteiger partial charge in [-0.05, 0) is 40.2 Å². The lowest BCUT2D eigenvalue weighted by Gasteiger charge is -2.35. The number of methoxy groups -OCH3 is 1. The van der Waals surface area contributed by atoms with Gasteiger partial charge in [-0.3, -0.25) is 5.01 Å². The van der Waals surface area contributed by atoms with Gasteiger partial charge in [0.1, 0.15) is 11.5 Å². The number of ether oxygens (including phenoxy) is 1. The molecule has 0 unspecified atom stereocenters. The molecule has 25 heavy (non-hydrogen) atoms. The summed E-state index contributed by atoms with van der Waals surface area (Å²) < 4.78 is 6.98. The van der Waals surface area contributed by atoms with E-state index in [0.29, 0.717) is 10.0 Å². The Bertz CT molecular complexity index is 775. The highest BCUT2D eigenvalue weighted by Crippen LogP contribution is 2.31. The van der Waals surface area contributed by atoms with Crippen LogP contribution >= 0.6 is 31.9 Å². The Labute approximate surface area is 164 Å². The maximum atomic E-state index is 10.1. The van der Waals surface area contributed by atoms with Crippen LogP contribution in [0.3, 0.4) is 0 Å². The number of phenolic OH excluding ortho intramolecular Hbond substituents is 1. The Morgan fingerprint density at radius 1 is 1.12 bits per heavy atom. The van der Waals surface area contributed by atoms with Crippen molar-refractivity contribution < 1.29 is 9.84 Å². The number of phenols is 1. The smallest absolute Gasteiger partial charge is 0.142 e. The first-order valence-electron chi connectivity index (χ1n) is 7.93. The van der Waals surface area contributed by atoms with Crippen molar-refractivity contribution in [1.82, 2.24) is 5.01 Å². The summed E-state index contributed by atoms with van der Waals surface area (Å²) in [4.78, 5) is 2.30. The summed E-state index contributed by atoms with van der Waals surface area (Å²) in [6.45, 7) is 3.35. The van der Waals surface area contributed by atoms with Crippen molar-refractivity contribution in [2.24, 2.45) is 5.10 Å². The molecule has 0 saturated carbocycles. The van der Waals surface area contributed by atoms with Crippen LogP contribution in [0, 0.1) is 0 Å². The quantitative estimate of drug-likeness (QED) is 0.686. The second-order valence-corrected chi connectivity index (χ2v) is 7.45. The Balaban J connectivity index is 1.65. The molecule has 0 atom stereocenters. The predicted octanol–water partition coefficient (Wildman–Crippen LogP) is 4.08. The molecule has 1 aliphatic heterocycles. The second kappa shape index (κ2) is 8.10. The SMILES string of the molecule is COc1ccccc1N1CCN(/N=C\c2cc(Br)cc(Br)c2O)CC1. The first-order valence-corrected chi connectivity index (χ1v) is 9.52. The number of halogens is 2. The van der Waals surface area contributed by atoms with Crippen LogP contribution in [-0.2, 0) is 0 Å². The molecule has 132 valence electrons. The zero-order valence-corrected chi connectivity index (χ0v) is 17.0. The van der Waals surface area contributed by atoms with E-state index in [1.165, 1.54) is 0 Å². The van der Waals surface area contributed by atoms with Crippen molar-refractivity contribution >= 4 is 43.8 Å². The topological polar surface area (TPSA) is 48.3 Å². The first kappa shape index (κ1) is 18.1. The number of hydrogen-bond acceptors (Lipinski definition) is 5. The van der Waals surface area contributed by atoms with Crippen molar-refractivity contribution in [2.75, 3.05) is 38.2 Å². The van der Waals surface area contributed by atoms with Gasteiger partial charge in [-0.1, -0.05) is 28.1 Å². The van der Waals surface area contributed by atoms with E-state index in [0.717, 1.165) is 42.1 Å². The van der Waals surface area contributed by atoms with Crippen molar-refractivity contribution in [3.63, 3.8) is 0 Å². The summed E-state index contributed by atoms with van der Waals surface area (Å²) in [7, 11) is 1.70. The third-order valence-electron chi connectivity index (χ3n) is 4.10. The maximum Gasteiger partial charge on any atom is 0.142 e.